The van der Waals surface area contributed by atoms with Gasteiger partial charge in [0.1, 0.15) is 0 Å². The average molecular weight is 414 g/mol. The number of amides is 1. The molecule has 0 radical (unpaired) electrons. The second kappa shape index (κ2) is 10.2. The van der Waals surface area contributed by atoms with Crippen LogP contribution >= 0.6 is 11.3 Å². The maximum Gasteiger partial charge on any atom is 0.234 e. The number of likely N-dealkylation sites (N-methyl/N-ethyl adjacent to an activating group) is 1. The number of rotatable bonds is 10. The Morgan fingerprint density at radius 2 is 1.93 bits per heavy atom. The lowest BCUT2D eigenvalue weighted by Crippen LogP contribution is -2.37. The van der Waals surface area contributed by atoms with E-state index in [1.807, 2.05) is 36.4 Å². The van der Waals surface area contributed by atoms with Gasteiger partial charge in [0.2, 0.25) is 5.91 Å². The fourth-order valence-corrected chi connectivity index (χ4v) is 4.08. The Morgan fingerprint density at radius 1 is 1.14 bits per heavy atom. The Balaban J connectivity index is 1.49. The summed E-state index contributed by atoms with van der Waals surface area (Å²) in [5.74, 6) is 1.42. The van der Waals surface area contributed by atoms with Crippen LogP contribution in [0.1, 0.15) is 17.5 Å². The summed E-state index contributed by atoms with van der Waals surface area (Å²) < 4.78 is 11.8. The van der Waals surface area contributed by atoms with E-state index in [2.05, 4.69) is 28.2 Å². The number of aromatic nitrogens is 1. The fraction of sp³-hybridized carbons (Fsp3) is 0.364. The maximum atomic E-state index is 12.4. The molecule has 3 rings (SSSR count). The summed E-state index contributed by atoms with van der Waals surface area (Å²) in [6.45, 7) is 4.44. The zero-order valence-electron chi connectivity index (χ0n) is 17.1. The normalized spacial score (nSPS) is 11.0. The molecule has 0 unspecified atom stereocenters. The quantitative estimate of drug-likeness (QED) is 0.551. The van der Waals surface area contributed by atoms with Gasteiger partial charge < -0.3 is 14.8 Å². The van der Waals surface area contributed by atoms with Crippen LogP contribution in [0.3, 0.4) is 0 Å². The number of fused-ring (bicyclic) bond motifs is 1. The summed E-state index contributed by atoms with van der Waals surface area (Å²) in [7, 11) is 3.24. The van der Waals surface area contributed by atoms with Gasteiger partial charge in [0.05, 0.1) is 36.0 Å². The molecule has 154 valence electrons. The number of carbonyl (C=O) groups is 1. The van der Waals surface area contributed by atoms with Gasteiger partial charge in [-0.05, 0) is 36.4 Å². The largest absolute Gasteiger partial charge is 0.493 e. The first-order chi connectivity index (χ1) is 14.1. The van der Waals surface area contributed by atoms with E-state index in [4.69, 9.17) is 9.47 Å². The summed E-state index contributed by atoms with van der Waals surface area (Å²) in [4.78, 5) is 19.1. The Kier molecular flexibility index (Phi) is 7.43. The van der Waals surface area contributed by atoms with Crippen molar-refractivity contribution in [1.82, 2.24) is 15.2 Å². The summed E-state index contributed by atoms with van der Waals surface area (Å²) in [6.07, 6.45) is 0.743. The van der Waals surface area contributed by atoms with Gasteiger partial charge in [-0.2, -0.15) is 0 Å². The first kappa shape index (κ1) is 21.1. The molecule has 1 heterocycles. The van der Waals surface area contributed by atoms with E-state index in [1.165, 1.54) is 4.70 Å². The van der Waals surface area contributed by atoms with Crippen LogP contribution in [-0.2, 0) is 17.8 Å². The minimum atomic E-state index is 0.0217. The van der Waals surface area contributed by atoms with Crippen LogP contribution in [0.4, 0.5) is 0 Å². The van der Waals surface area contributed by atoms with Crippen LogP contribution in [0, 0.1) is 0 Å². The molecular weight excluding hydrogens is 386 g/mol. The molecule has 0 bridgehead atoms. The van der Waals surface area contributed by atoms with Crippen molar-refractivity contribution in [2.24, 2.45) is 0 Å². The van der Waals surface area contributed by atoms with Crippen molar-refractivity contribution >= 4 is 27.5 Å². The fourth-order valence-electron chi connectivity index (χ4n) is 3.11. The topological polar surface area (TPSA) is 63.7 Å². The van der Waals surface area contributed by atoms with Crippen molar-refractivity contribution in [3.05, 3.63) is 53.0 Å². The molecule has 29 heavy (non-hydrogen) atoms. The maximum absolute atomic E-state index is 12.4. The highest BCUT2D eigenvalue weighted by molar-refractivity contribution is 7.18. The molecule has 0 spiro atoms. The average Bonchev–Trinajstić information content (AvgIpc) is 3.15. The lowest BCUT2D eigenvalue weighted by molar-refractivity contribution is -0.122. The lowest BCUT2D eigenvalue weighted by atomic mass is 10.2. The van der Waals surface area contributed by atoms with E-state index in [0.29, 0.717) is 31.1 Å². The van der Waals surface area contributed by atoms with Gasteiger partial charge in [-0.1, -0.05) is 25.1 Å². The monoisotopic (exact) mass is 413 g/mol. The number of methoxy groups -OCH3 is 2. The standard InChI is InChI=1S/C22H27N3O3S/c1-4-25(14-16-9-10-18(27-2)19(13-16)28-3)15-21(26)23-12-11-22-24-17-7-5-6-8-20(17)29-22/h5-10,13H,4,11-12,14-15H2,1-3H3,(H,23,26). The Labute approximate surface area is 175 Å². The summed E-state index contributed by atoms with van der Waals surface area (Å²) in [6, 6.07) is 13.9. The molecule has 2 aromatic carbocycles. The number of hydrogen-bond donors (Lipinski definition) is 1. The molecule has 0 aliphatic carbocycles. The molecule has 7 heteroatoms. The van der Waals surface area contributed by atoms with Crippen molar-refractivity contribution < 1.29 is 14.3 Å². The Morgan fingerprint density at radius 3 is 2.66 bits per heavy atom. The van der Waals surface area contributed by atoms with Gasteiger partial charge in [0, 0.05) is 19.5 Å². The molecule has 0 saturated heterocycles. The Bertz CT molecular complexity index is 924. The molecule has 0 atom stereocenters. The molecule has 1 amide bonds. The minimum Gasteiger partial charge on any atom is -0.493 e. The first-order valence-electron chi connectivity index (χ1n) is 9.67. The predicted molar refractivity (Wildman–Crippen MR) is 117 cm³/mol. The van der Waals surface area contributed by atoms with Crippen molar-refractivity contribution in [3.63, 3.8) is 0 Å². The molecule has 1 aromatic heterocycles. The highest BCUT2D eigenvalue weighted by Gasteiger charge is 2.12. The van der Waals surface area contributed by atoms with E-state index in [-0.39, 0.29) is 5.91 Å². The zero-order valence-corrected chi connectivity index (χ0v) is 17.9. The van der Waals surface area contributed by atoms with Crippen LogP contribution in [0.2, 0.25) is 0 Å². The third-order valence-electron chi connectivity index (χ3n) is 4.67. The van der Waals surface area contributed by atoms with E-state index < -0.39 is 0 Å². The van der Waals surface area contributed by atoms with Crippen LogP contribution in [0.25, 0.3) is 10.2 Å². The first-order valence-corrected chi connectivity index (χ1v) is 10.5. The third-order valence-corrected chi connectivity index (χ3v) is 5.76. The number of benzene rings is 2. The molecule has 1 N–H and O–H groups in total. The number of ether oxygens (including phenoxy) is 2. The van der Waals surface area contributed by atoms with E-state index in [1.54, 1.807) is 25.6 Å². The Hall–Kier alpha value is -2.64. The second-order valence-electron chi connectivity index (χ2n) is 6.67. The van der Waals surface area contributed by atoms with Gasteiger partial charge in [0.15, 0.2) is 11.5 Å². The van der Waals surface area contributed by atoms with Crippen LogP contribution in [0.15, 0.2) is 42.5 Å². The summed E-state index contributed by atoms with van der Waals surface area (Å²) in [5, 5.41) is 4.05. The lowest BCUT2D eigenvalue weighted by Gasteiger charge is -2.20. The molecule has 6 nitrogen and oxygen atoms in total. The third kappa shape index (κ3) is 5.68. The molecule has 3 aromatic rings. The number of hydrogen-bond acceptors (Lipinski definition) is 6. The molecule has 0 saturated carbocycles. The van der Waals surface area contributed by atoms with Gasteiger partial charge in [-0.15, -0.1) is 11.3 Å². The number of nitrogens with zero attached hydrogens (tertiary/aromatic N) is 2. The van der Waals surface area contributed by atoms with Gasteiger partial charge >= 0.3 is 0 Å². The molecular formula is C22H27N3O3S. The van der Waals surface area contributed by atoms with Crippen LogP contribution in [-0.4, -0.2) is 49.6 Å². The van der Waals surface area contributed by atoms with Crippen molar-refractivity contribution in [3.8, 4) is 11.5 Å². The molecule has 0 aliphatic heterocycles. The van der Waals surface area contributed by atoms with E-state index >= 15 is 0 Å². The number of para-hydroxylation sites is 1. The minimum absolute atomic E-state index is 0.0217. The zero-order chi connectivity index (χ0) is 20.6. The highest BCUT2D eigenvalue weighted by Crippen LogP contribution is 2.28. The predicted octanol–water partition coefficient (Wildman–Crippen LogP) is 3.49. The van der Waals surface area contributed by atoms with Crippen molar-refractivity contribution in [1.29, 1.82) is 0 Å². The SMILES string of the molecule is CCN(CC(=O)NCCc1nc2ccccc2s1)Cc1ccc(OC)c(OC)c1. The highest BCUT2D eigenvalue weighted by atomic mass is 32.1. The van der Waals surface area contributed by atoms with Crippen molar-refractivity contribution in [2.45, 2.75) is 19.9 Å². The van der Waals surface area contributed by atoms with Gasteiger partial charge in [0.25, 0.3) is 0 Å². The number of thiazole rings is 1. The second-order valence-corrected chi connectivity index (χ2v) is 7.78. The van der Waals surface area contributed by atoms with Crippen LogP contribution < -0.4 is 14.8 Å². The van der Waals surface area contributed by atoms with E-state index in [9.17, 15) is 4.79 Å². The van der Waals surface area contributed by atoms with Gasteiger partial charge in [-0.3, -0.25) is 9.69 Å². The number of nitrogens with one attached hydrogen (secondary N) is 1. The summed E-state index contributed by atoms with van der Waals surface area (Å²) in [5.41, 5.74) is 2.10. The molecule has 0 aliphatic rings. The van der Waals surface area contributed by atoms with Crippen LogP contribution in [0.5, 0.6) is 11.5 Å². The van der Waals surface area contributed by atoms with Gasteiger partial charge in [-0.25, -0.2) is 4.98 Å². The number of carbonyl (C=O) groups excluding carboxylic acids is 1. The summed E-state index contributed by atoms with van der Waals surface area (Å²) >= 11 is 1.68. The molecule has 0 fully saturated rings. The van der Waals surface area contributed by atoms with E-state index in [0.717, 1.165) is 29.1 Å². The smallest absolute Gasteiger partial charge is 0.234 e. The van der Waals surface area contributed by atoms with Crippen molar-refractivity contribution in [2.75, 3.05) is 33.9 Å².